The minimum absolute atomic E-state index is 0.00487. The Labute approximate surface area is 356 Å². The number of hydrogen-bond acceptors (Lipinski definition) is 1. The normalized spacial score (nSPS) is 18.5. The lowest BCUT2D eigenvalue weighted by molar-refractivity contribution is 0.554. The van der Waals surface area contributed by atoms with Crippen LogP contribution in [-0.2, 0) is 32.5 Å². The molecule has 0 bridgehead atoms. The molecule has 4 aromatic carbocycles. The molecule has 2 aliphatic heterocycles. The van der Waals surface area contributed by atoms with Crippen molar-refractivity contribution < 1.29 is 0 Å². The van der Waals surface area contributed by atoms with Gasteiger partial charge in [-0.2, -0.15) is 0 Å². The number of hydrogen-bond donors (Lipinski definition) is 1. The third kappa shape index (κ3) is 9.13. The van der Waals surface area contributed by atoms with Crippen LogP contribution in [0.15, 0.2) is 115 Å². The molecular weight excluding hydrogens is 737 g/mol. The SMILES string of the molecule is CC(C)(C)c1cc(C(C)(C)C)c(P=C(C2=CC=C/C(=C(\c3ccccc3)P3CC(C)(C)c4cc(C(C)(C)C)cc(C(C)(C)C)c43)N2)c2ccccc2)c(C(C)(C)C)c1. The van der Waals surface area contributed by atoms with E-state index in [9.17, 15) is 0 Å². The predicted molar refractivity (Wildman–Crippen MR) is 262 cm³/mol. The van der Waals surface area contributed by atoms with Crippen LogP contribution in [0, 0.1) is 0 Å². The van der Waals surface area contributed by atoms with E-state index >= 15 is 0 Å². The second kappa shape index (κ2) is 15.5. The molecule has 0 amide bonds. The third-order valence-electron chi connectivity index (χ3n) is 11.8. The van der Waals surface area contributed by atoms with E-state index in [0.717, 1.165) is 6.16 Å². The molecule has 306 valence electrons. The average molecular weight is 808 g/mol. The maximum Gasteiger partial charge on any atom is 0.0510 e. The molecule has 6 rings (SSSR count). The zero-order valence-electron chi connectivity index (χ0n) is 38.9. The first kappa shape index (κ1) is 44.1. The Balaban J connectivity index is 1.63. The number of dihydropyridines is 1. The second-order valence-corrected chi connectivity index (χ2v) is 25.8. The van der Waals surface area contributed by atoms with Gasteiger partial charge in [-0.05, 0) is 109 Å². The first-order chi connectivity index (χ1) is 26.7. The van der Waals surface area contributed by atoms with Crippen LogP contribution in [0.25, 0.3) is 5.31 Å². The fourth-order valence-corrected chi connectivity index (χ4v) is 13.8. The van der Waals surface area contributed by atoms with Crippen molar-refractivity contribution in [2.75, 3.05) is 6.16 Å². The van der Waals surface area contributed by atoms with Crippen LogP contribution in [-0.4, -0.2) is 11.5 Å². The van der Waals surface area contributed by atoms with Gasteiger partial charge in [-0.1, -0.05) is 217 Å². The Hall–Kier alpha value is -3.50. The third-order valence-corrected chi connectivity index (χ3v) is 16.4. The lowest BCUT2D eigenvalue weighted by Crippen LogP contribution is -2.31. The van der Waals surface area contributed by atoms with E-state index in [1.807, 2.05) is 0 Å². The van der Waals surface area contributed by atoms with Gasteiger partial charge in [0.25, 0.3) is 0 Å². The van der Waals surface area contributed by atoms with Crippen LogP contribution in [0.1, 0.15) is 162 Å². The summed E-state index contributed by atoms with van der Waals surface area (Å²) in [5.41, 5.74) is 13.8. The van der Waals surface area contributed by atoms with Crippen LogP contribution in [0.4, 0.5) is 0 Å². The minimum atomic E-state index is -0.714. The highest BCUT2D eigenvalue weighted by Crippen LogP contribution is 2.62. The summed E-state index contributed by atoms with van der Waals surface area (Å²) in [6.07, 6.45) is 8.08. The van der Waals surface area contributed by atoms with Crippen molar-refractivity contribution in [1.82, 2.24) is 5.32 Å². The summed E-state index contributed by atoms with van der Waals surface area (Å²) < 4.78 is 0. The molecule has 2 aliphatic rings. The van der Waals surface area contributed by atoms with Gasteiger partial charge in [0, 0.05) is 21.6 Å². The van der Waals surface area contributed by atoms with Gasteiger partial charge in [-0.3, -0.25) is 0 Å². The fourth-order valence-electron chi connectivity index (χ4n) is 8.31. The van der Waals surface area contributed by atoms with E-state index in [-0.39, 0.29) is 32.5 Å². The van der Waals surface area contributed by atoms with E-state index in [2.05, 4.69) is 226 Å². The van der Waals surface area contributed by atoms with Crippen LogP contribution >= 0.6 is 16.1 Å². The molecule has 0 radical (unpaired) electrons. The molecule has 0 saturated heterocycles. The van der Waals surface area contributed by atoms with Crippen molar-refractivity contribution in [1.29, 1.82) is 0 Å². The molecule has 2 heterocycles. The number of fused-ring (bicyclic) bond motifs is 1. The van der Waals surface area contributed by atoms with Gasteiger partial charge in [-0.25, -0.2) is 0 Å². The molecule has 0 aliphatic carbocycles. The van der Waals surface area contributed by atoms with Crippen molar-refractivity contribution in [3.8, 4) is 0 Å². The van der Waals surface area contributed by atoms with Gasteiger partial charge < -0.3 is 5.32 Å². The van der Waals surface area contributed by atoms with E-state index in [1.54, 1.807) is 10.9 Å². The number of allylic oxidation sites excluding steroid dienone is 4. The summed E-state index contributed by atoms with van der Waals surface area (Å²) in [5, 5.41) is 9.95. The van der Waals surface area contributed by atoms with Crippen molar-refractivity contribution >= 4 is 37.3 Å². The lowest BCUT2D eigenvalue weighted by Gasteiger charge is -2.33. The molecule has 0 spiro atoms. The summed E-state index contributed by atoms with van der Waals surface area (Å²) >= 11 is 0. The quantitative estimate of drug-likeness (QED) is 0.198. The molecule has 58 heavy (non-hydrogen) atoms. The maximum atomic E-state index is 4.18. The van der Waals surface area contributed by atoms with Crippen molar-refractivity contribution in [3.63, 3.8) is 0 Å². The van der Waals surface area contributed by atoms with Gasteiger partial charge >= 0.3 is 0 Å². The predicted octanol–water partition coefficient (Wildman–Crippen LogP) is 14.5. The number of rotatable bonds is 5. The molecule has 4 aromatic rings. The molecule has 0 fully saturated rings. The van der Waals surface area contributed by atoms with E-state index in [0.29, 0.717) is 0 Å². The summed E-state index contributed by atoms with van der Waals surface area (Å²) in [6, 6.07) is 32.5. The fraction of sp³-hybridized carbons (Fsp3) is 0.436. The topological polar surface area (TPSA) is 12.0 Å². The van der Waals surface area contributed by atoms with Gasteiger partial charge in [0.2, 0.25) is 0 Å². The second-order valence-electron chi connectivity index (χ2n) is 22.6. The largest absolute Gasteiger partial charge is 0.354 e. The standard InChI is InChI=1S/C55H71NP2/c1-50(2,3)38-31-40(52(7,8)9)47(41(32-38)53(10,11)12)57-46(36-25-20-18-21-26-36)44-29-24-30-45(56-44)48(37-27-22-19-23-28-37)58-35-55(16,17)43-34-39(51(4,5)6)33-42(49(43)58)54(13,14)15/h18-34,56H,35H2,1-17H3/b48-45-. The smallest absolute Gasteiger partial charge is 0.0510 e. The highest BCUT2D eigenvalue weighted by molar-refractivity contribution is 7.76. The van der Waals surface area contributed by atoms with Gasteiger partial charge in [0.05, 0.1) is 5.70 Å². The van der Waals surface area contributed by atoms with Crippen LogP contribution in [0.2, 0.25) is 0 Å². The average Bonchev–Trinajstić information content (AvgIpc) is 3.38. The van der Waals surface area contributed by atoms with Crippen molar-refractivity contribution in [2.45, 2.75) is 150 Å². The molecule has 1 N–H and O–H groups in total. The van der Waals surface area contributed by atoms with Crippen LogP contribution in [0.5, 0.6) is 0 Å². The maximum absolute atomic E-state index is 4.18. The highest BCUT2D eigenvalue weighted by atomic mass is 31.1. The Kier molecular flexibility index (Phi) is 11.8. The van der Waals surface area contributed by atoms with E-state index in [1.165, 1.54) is 74.5 Å². The molecule has 1 unspecified atom stereocenters. The van der Waals surface area contributed by atoms with Crippen molar-refractivity contribution in [3.05, 3.63) is 159 Å². The number of nitrogens with one attached hydrogen (secondary N) is 1. The van der Waals surface area contributed by atoms with Gasteiger partial charge in [-0.15, -0.1) is 0 Å². The Morgan fingerprint density at radius 3 is 1.53 bits per heavy atom. The summed E-state index contributed by atoms with van der Waals surface area (Å²) in [6.45, 7) is 40.6. The summed E-state index contributed by atoms with van der Waals surface area (Å²) in [5.74, 6) is 0. The van der Waals surface area contributed by atoms with E-state index in [4.69, 9.17) is 0 Å². The van der Waals surface area contributed by atoms with Gasteiger partial charge in [0.1, 0.15) is 0 Å². The molecule has 1 atom stereocenters. The first-order valence-electron chi connectivity index (χ1n) is 21.4. The summed E-state index contributed by atoms with van der Waals surface area (Å²) in [4.78, 5) is 0. The molecule has 0 aromatic heterocycles. The molecule has 1 nitrogen and oxygen atoms in total. The highest BCUT2D eigenvalue weighted by Gasteiger charge is 2.43. The zero-order chi connectivity index (χ0) is 42.8. The van der Waals surface area contributed by atoms with Gasteiger partial charge in [0.15, 0.2) is 0 Å². The van der Waals surface area contributed by atoms with Crippen LogP contribution < -0.4 is 15.9 Å². The van der Waals surface area contributed by atoms with E-state index < -0.39 is 7.92 Å². The number of benzene rings is 4. The molecular formula is C55H71NP2. The molecule has 3 heteroatoms. The van der Waals surface area contributed by atoms with Crippen LogP contribution in [0.3, 0.4) is 0 Å². The monoisotopic (exact) mass is 808 g/mol. The lowest BCUT2D eigenvalue weighted by atomic mass is 9.75. The molecule has 0 saturated carbocycles. The Bertz CT molecular complexity index is 2260. The Morgan fingerprint density at radius 2 is 1.05 bits per heavy atom. The minimum Gasteiger partial charge on any atom is -0.354 e. The van der Waals surface area contributed by atoms with Crippen molar-refractivity contribution in [2.24, 2.45) is 0 Å². The Morgan fingerprint density at radius 1 is 0.586 bits per heavy atom. The first-order valence-corrected chi connectivity index (χ1v) is 23.9. The summed E-state index contributed by atoms with van der Waals surface area (Å²) in [7, 11) is 0.493. The zero-order valence-corrected chi connectivity index (χ0v) is 40.7.